The molecule has 6 nitrogen and oxygen atoms in total. The first kappa shape index (κ1) is 21.9. The molecule has 0 heterocycles. The van der Waals surface area contributed by atoms with Gasteiger partial charge in [0.1, 0.15) is 6.54 Å². The lowest BCUT2D eigenvalue weighted by Gasteiger charge is -2.22. The molecule has 2 rings (SSSR count). The molecule has 0 saturated carbocycles. The van der Waals surface area contributed by atoms with Crippen LogP contribution in [-0.2, 0) is 14.8 Å². The summed E-state index contributed by atoms with van der Waals surface area (Å²) in [6.07, 6.45) is 0.984. The minimum Gasteiger partial charge on any atom is -0.271 e. The number of sulfonamides is 1. The van der Waals surface area contributed by atoms with Gasteiger partial charge in [-0.15, -0.1) is 0 Å². The molecule has 0 unspecified atom stereocenters. The molecule has 1 amide bonds. The van der Waals surface area contributed by atoms with E-state index >= 15 is 0 Å². The number of nitrogens with zero attached hydrogens (tertiary/aromatic N) is 2. The van der Waals surface area contributed by atoms with Gasteiger partial charge in [-0.1, -0.05) is 35.3 Å². The number of nitrogens with one attached hydrogen (secondary N) is 1. The molecule has 0 radical (unpaired) electrons. The Hall–Kier alpha value is -1.36. The van der Waals surface area contributed by atoms with Crippen molar-refractivity contribution in [2.75, 3.05) is 17.1 Å². The monoisotopic (exact) mass is 539 g/mol. The van der Waals surface area contributed by atoms with Gasteiger partial charge >= 0.3 is 0 Å². The molecular formula is C17H16Cl2IN3O3S. The highest BCUT2D eigenvalue weighted by atomic mass is 127. The number of carbonyl (C=O) groups is 1. The molecule has 0 aromatic heterocycles. The van der Waals surface area contributed by atoms with Gasteiger partial charge in [0.05, 0.1) is 22.7 Å². The zero-order chi connectivity index (χ0) is 20.2. The summed E-state index contributed by atoms with van der Waals surface area (Å²) >= 11 is 14.2. The summed E-state index contributed by atoms with van der Waals surface area (Å²) in [4.78, 5) is 12.3. The van der Waals surface area contributed by atoms with Crippen molar-refractivity contribution < 1.29 is 13.2 Å². The van der Waals surface area contributed by atoms with Gasteiger partial charge in [0, 0.05) is 8.59 Å². The van der Waals surface area contributed by atoms with E-state index in [9.17, 15) is 13.2 Å². The number of halogens is 3. The Kier molecular flexibility index (Phi) is 7.49. The number of carbonyl (C=O) groups excluding carboxylic acids is 1. The van der Waals surface area contributed by atoms with Crippen molar-refractivity contribution in [1.82, 2.24) is 5.43 Å². The molecule has 0 atom stereocenters. The predicted octanol–water partition coefficient (Wildman–Crippen LogP) is 3.90. The largest absolute Gasteiger partial charge is 0.271 e. The van der Waals surface area contributed by atoms with E-state index in [0.717, 1.165) is 19.7 Å². The first-order chi connectivity index (χ1) is 12.6. The minimum atomic E-state index is -3.77. The average Bonchev–Trinajstić information content (AvgIpc) is 2.59. The summed E-state index contributed by atoms with van der Waals surface area (Å²) in [7, 11) is -3.77. The van der Waals surface area contributed by atoms with Crippen LogP contribution in [0.2, 0.25) is 10.0 Å². The third-order valence-corrected chi connectivity index (χ3v) is 5.88. The Morgan fingerprint density at radius 1 is 1.19 bits per heavy atom. The second kappa shape index (κ2) is 9.22. The lowest BCUT2D eigenvalue weighted by atomic mass is 10.1. The molecule has 1 N–H and O–H groups in total. The molecule has 0 aliphatic rings. The molecule has 0 aliphatic heterocycles. The van der Waals surface area contributed by atoms with Crippen LogP contribution in [0.3, 0.4) is 0 Å². The van der Waals surface area contributed by atoms with Crippen molar-refractivity contribution in [2.24, 2.45) is 5.10 Å². The Bertz CT molecular complexity index is 979. The van der Waals surface area contributed by atoms with E-state index in [2.05, 4.69) is 33.1 Å². The molecule has 10 heteroatoms. The fourth-order valence-corrected chi connectivity index (χ4v) is 3.78. The van der Waals surface area contributed by atoms with E-state index in [4.69, 9.17) is 23.2 Å². The maximum Gasteiger partial charge on any atom is 0.260 e. The maximum atomic E-state index is 12.3. The Morgan fingerprint density at radius 3 is 2.41 bits per heavy atom. The van der Waals surface area contributed by atoms with Crippen LogP contribution in [-0.4, -0.2) is 32.8 Å². The molecule has 2 aromatic rings. The second-order valence-corrected chi connectivity index (χ2v) is 9.60. The zero-order valence-corrected chi connectivity index (χ0v) is 18.9. The van der Waals surface area contributed by atoms with E-state index in [1.54, 1.807) is 6.92 Å². The smallest absolute Gasteiger partial charge is 0.260 e. The summed E-state index contributed by atoms with van der Waals surface area (Å²) in [6.45, 7) is 1.26. The van der Waals surface area contributed by atoms with Crippen LogP contribution in [0.25, 0.3) is 0 Å². The number of benzene rings is 2. The van der Waals surface area contributed by atoms with Crippen molar-refractivity contribution in [3.63, 3.8) is 0 Å². The number of anilines is 1. The van der Waals surface area contributed by atoms with Crippen LogP contribution >= 0.6 is 45.8 Å². The average molecular weight is 540 g/mol. The highest BCUT2D eigenvalue weighted by Gasteiger charge is 2.23. The van der Waals surface area contributed by atoms with E-state index in [-0.39, 0.29) is 10.7 Å². The topological polar surface area (TPSA) is 78.8 Å². The SMILES string of the molecule is C/C(=N/NC(=O)CN(c1cc(Cl)ccc1Cl)S(C)(=O)=O)c1ccc(I)cc1. The highest BCUT2D eigenvalue weighted by molar-refractivity contribution is 14.1. The van der Waals surface area contributed by atoms with Gasteiger partial charge in [0.2, 0.25) is 10.0 Å². The summed E-state index contributed by atoms with van der Waals surface area (Å²) in [6, 6.07) is 12.0. The molecular weight excluding hydrogens is 524 g/mol. The van der Waals surface area contributed by atoms with Crippen LogP contribution in [0.5, 0.6) is 0 Å². The van der Waals surface area contributed by atoms with Crippen LogP contribution in [0.15, 0.2) is 47.6 Å². The number of hydrogen-bond donors (Lipinski definition) is 1. The van der Waals surface area contributed by atoms with E-state index < -0.39 is 22.5 Å². The molecule has 0 spiro atoms. The Morgan fingerprint density at radius 2 is 1.81 bits per heavy atom. The number of hydrogen-bond acceptors (Lipinski definition) is 4. The molecule has 27 heavy (non-hydrogen) atoms. The molecule has 144 valence electrons. The minimum absolute atomic E-state index is 0.125. The van der Waals surface area contributed by atoms with Crippen molar-refractivity contribution in [3.8, 4) is 0 Å². The van der Waals surface area contributed by atoms with Crippen molar-refractivity contribution in [2.45, 2.75) is 6.92 Å². The molecule has 0 bridgehead atoms. The summed E-state index contributed by atoms with van der Waals surface area (Å²) in [5, 5.41) is 4.49. The van der Waals surface area contributed by atoms with E-state index in [0.29, 0.717) is 10.7 Å². The summed E-state index contributed by atoms with van der Waals surface area (Å²) in [5.41, 5.74) is 3.92. The van der Waals surface area contributed by atoms with Gasteiger partial charge in [0.25, 0.3) is 5.91 Å². The van der Waals surface area contributed by atoms with Crippen LogP contribution in [0.4, 0.5) is 5.69 Å². The molecule has 0 saturated heterocycles. The molecule has 2 aromatic carbocycles. The van der Waals surface area contributed by atoms with Crippen molar-refractivity contribution in [1.29, 1.82) is 0 Å². The van der Waals surface area contributed by atoms with Gasteiger partial charge < -0.3 is 0 Å². The van der Waals surface area contributed by atoms with E-state index in [1.165, 1.54) is 18.2 Å². The fraction of sp³-hybridized carbons (Fsp3) is 0.176. The van der Waals surface area contributed by atoms with Gasteiger partial charge in [0.15, 0.2) is 0 Å². The summed E-state index contributed by atoms with van der Waals surface area (Å²) in [5.74, 6) is -0.610. The third kappa shape index (κ3) is 6.34. The Balaban J connectivity index is 2.18. The highest BCUT2D eigenvalue weighted by Crippen LogP contribution is 2.30. The fourth-order valence-electron chi connectivity index (χ4n) is 2.13. The standard InChI is InChI=1S/C17H16Cl2IN3O3S/c1-11(12-3-6-14(20)7-4-12)21-22-17(24)10-23(27(2,25)26)16-9-13(18)5-8-15(16)19/h3-9H,10H2,1-2H3,(H,22,24)/b21-11-. The predicted molar refractivity (Wildman–Crippen MR) is 118 cm³/mol. The van der Waals surface area contributed by atoms with Gasteiger partial charge in [-0.05, 0) is 65.4 Å². The maximum absolute atomic E-state index is 12.3. The lowest BCUT2D eigenvalue weighted by Crippen LogP contribution is -2.39. The molecule has 0 fully saturated rings. The number of amides is 1. The van der Waals surface area contributed by atoms with Crippen LogP contribution < -0.4 is 9.73 Å². The first-order valence-electron chi connectivity index (χ1n) is 7.60. The lowest BCUT2D eigenvalue weighted by molar-refractivity contribution is -0.119. The van der Waals surface area contributed by atoms with Gasteiger partial charge in [-0.3, -0.25) is 9.10 Å². The van der Waals surface area contributed by atoms with Crippen molar-refractivity contribution >= 4 is 73.1 Å². The van der Waals surface area contributed by atoms with Crippen LogP contribution in [0, 0.1) is 3.57 Å². The first-order valence-corrected chi connectivity index (χ1v) is 11.3. The summed E-state index contributed by atoms with van der Waals surface area (Å²) < 4.78 is 26.2. The second-order valence-electron chi connectivity index (χ2n) is 5.60. The van der Waals surface area contributed by atoms with Gasteiger partial charge in [-0.25, -0.2) is 13.8 Å². The Labute approximate surface area is 181 Å². The quantitative estimate of drug-likeness (QED) is 0.343. The van der Waals surface area contributed by atoms with Crippen molar-refractivity contribution in [3.05, 3.63) is 61.6 Å². The number of hydrazone groups is 1. The third-order valence-electron chi connectivity index (χ3n) is 3.47. The molecule has 0 aliphatic carbocycles. The van der Waals surface area contributed by atoms with E-state index in [1.807, 2.05) is 24.3 Å². The van der Waals surface area contributed by atoms with Gasteiger partial charge in [-0.2, -0.15) is 5.10 Å². The normalized spacial score (nSPS) is 12.0. The number of rotatable bonds is 6. The zero-order valence-electron chi connectivity index (χ0n) is 14.4. The van der Waals surface area contributed by atoms with Crippen LogP contribution in [0.1, 0.15) is 12.5 Å².